The third-order valence-electron chi connectivity index (χ3n) is 4.51. The summed E-state index contributed by atoms with van der Waals surface area (Å²) in [6, 6.07) is 23.5. The second kappa shape index (κ2) is 8.49. The van der Waals surface area contributed by atoms with Gasteiger partial charge in [-0.05, 0) is 28.8 Å². The molecular weight excluding hydrogens is 338 g/mol. The van der Waals surface area contributed by atoms with Gasteiger partial charge in [0.15, 0.2) is 6.10 Å². The van der Waals surface area contributed by atoms with Gasteiger partial charge < -0.3 is 9.64 Å². The first-order valence-corrected chi connectivity index (χ1v) is 8.99. The maximum absolute atomic E-state index is 12.5. The molecule has 0 heterocycles. The van der Waals surface area contributed by atoms with Gasteiger partial charge in [0.05, 0.1) is 6.42 Å². The molecule has 0 aromatic heterocycles. The van der Waals surface area contributed by atoms with Crippen molar-refractivity contribution in [1.29, 1.82) is 0 Å². The normalized spacial score (nSPS) is 11.8. The summed E-state index contributed by atoms with van der Waals surface area (Å²) < 4.78 is 5.39. The smallest absolute Gasteiger partial charge is 0.311 e. The van der Waals surface area contributed by atoms with E-state index < -0.39 is 12.1 Å². The third kappa shape index (κ3) is 4.73. The van der Waals surface area contributed by atoms with Gasteiger partial charge >= 0.3 is 5.97 Å². The summed E-state index contributed by atoms with van der Waals surface area (Å²) in [4.78, 5) is 26.4. The summed E-state index contributed by atoms with van der Waals surface area (Å²) in [6.07, 6.45) is -0.678. The van der Waals surface area contributed by atoms with Gasteiger partial charge in [-0.1, -0.05) is 72.8 Å². The number of nitrogens with zero attached hydrogens (tertiary/aromatic N) is 1. The summed E-state index contributed by atoms with van der Waals surface area (Å²) in [5.41, 5.74) is 1.93. The van der Waals surface area contributed by atoms with Gasteiger partial charge in [-0.15, -0.1) is 0 Å². The number of ether oxygens (including phenoxy) is 1. The predicted octanol–water partition coefficient (Wildman–Crippen LogP) is 3.97. The molecule has 0 unspecified atom stereocenters. The van der Waals surface area contributed by atoms with Crippen LogP contribution < -0.4 is 0 Å². The SMILES string of the molecule is C[C@@H](OC(=O)Cc1cccc2ccccc12)C(=O)N(C)Cc1ccccc1. The summed E-state index contributed by atoms with van der Waals surface area (Å²) in [7, 11) is 1.71. The van der Waals surface area contributed by atoms with Crippen LogP contribution in [0, 0.1) is 0 Å². The van der Waals surface area contributed by atoms with Crippen molar-refractivity contribution in [2.45, 2.75) is 26.0 Å². The van der Waals surface area contributed by atoms with Crippen LogP contribution in [0.1, 0.15) is 18.1 Å². The van der Waals surface area contributed by atoms with Crippen molar-refractivity contribution < 1.29 is 14.3 Å². The highest BCUT2D eigenvalue weighted by Gasteiger charge is 2.22. The Bertz CT molecular complexity index is 931. The van der Waals surface area contributed by atoms with Crippen LogP contribution in [0.3, 0.4) is 0 Å². The fourth-order valence-corrected chi connectivity index (χ4v) is 3.14. The highest BCUT2D eigenvalue weighted by Crippen LogP contribution is 2.19. The molecule has 0 saturated heterocycles. The molecule has 1 amide bonds. The molecule has 1 atom stereocenters. The molecule has 0 aliphatic carbocycles. The van der Waals surface area contributed by atoms with Crippen LogP contribution in [0.15, 0.2) is 72.8 Å². The minimum atomic E-state index is -0.818. The number of carbonyl (C=O) groups is 2. The van der Waals surface area contributed by atoms with Crippen LogP contribution in [0.2, 0.25) is 0 Å². The Kier molecular flexibility index (Phi) is 5.87. The van der Waals surface area contributed by atoms with Crippen LogP contribution in [-0.2, 0) is 27.3 Å². The number of hydrogen-bond donors (Lipinski definition) is 0. The maximum atomic E-state index is 12.5. The maximum Gasteiger partial charge on any atom is 0.311 e. The summed E-state index contributed by atoms with van der Waals surface area (Å²) >= 11 is 0. The molecule has 3 rings (SSSR count). The van der Waals surface area contributed by atoms with Crippen molar-refractivity contribution in [3.05, 3.63) is 83.9 Å². The Hall–Kier alpha value is -3.14. The van der Waals surface area contributed by atoms with Gasteiger partial charge in [-0.2, -0.15) is 0 Å². The van der Waals surface area contributed by atoms with Gasteiger partial charge in [-0.3, -0.25) is 9.59 Å². The minimum Gasteiger partial charge on any atom is -0.452 e. The second-order valence-electron chi connectivity index (χ2n) is 6.63. The average molecular weight is 361 g/mol. The largest absolute Gasteiger partial charge is 0.452 e. The Morgan fingerprint density at radius 3 is 2.37 bits per heavy atom. The molecule has 3 aromatic rings. The van der Waals surface area contributed by atoms with Crippen molar-refractivity contribution >= 4 is 22.6 Å². The summed E-state index contributed by atoms with van der Waals surface area (Å²) in [5, 5.41) is 2.10. The van der Waals surface area contributed by atoms with Crippen molar-refractivity contribution in [3.8, 4) is 0 Å². The average Bonchev–Trinajstić information content (AvgIpc) is 2.68. The number of amides is 1. The van der Waals surface area contributed by atoms with E-state index in [4.69, 9.17) is 4.74 Å². The number of fused-ring (bicyclic) bond motifs is 1. The van der Waals surface area contributed by atoms with E-state index >= 15 is 0 Å². The first-order chi connectivity index (χ1) is 13.0. The van der Waals surface area contributed by atoms with Crippen LogP contribution in [0.25, 0.3) is 10.8 Å². The zero-order valence-electron chi connectivity index (χ0n) is 15.6. The summed E-state index contributed by atoms with van der Waals surface area (Å²) in [6.45, 7) is 2.09. The predicted molar refractivity (Wildman–Crippen MR) is 106 cm³/mol. The van der Waals surface area contributed by atoms with Crippen LogP contribution in [-0.4, -0.2) is 29.9 Å². The molecule has 0 N–H and O–H groups in total. The molecule has 0 fully saturated rings. The van der Waals surface area contributed by atoms with Crippen LogP contribution in [0.5, 0.6) is 0 Å². The number of likely N-dealkylation sites (N-methyl/N-ethyl adjacent to an activating group) is 1. The number of esters is 1. The Labute approximate surface area is 159 Å². The fraction of sp³-hybridized carbons (Fsp3) is 0.217. The van der Waals surface area contributed by atoms with Crippen molar-refractivity contribution in [2.24, 2.45) is 0 Å². The van der Waals surface area contributed by atoms with Gasteiger partial charge in [-0.25, -0.2) is 0 Å². The molecule has 4 nitrogen and oxygen atoms in total. The van der Waals surface area contributed by atoms with Crippen molar-refractivity contribution in [2.75, 3.05) is 7.05 Å². The van der Waals surface area contributed by atoms with Crippen LogP contribution in [0.4, 0.5) is 0 Å². The molecular formula is C23H23NO3. The van der Waals surface area contributed by atoms with E-state index in [0.717, 1.165) is 21.9 Å². The van der Waals surface area contributed by atoms with Gasteiger partial charge in [0.25, 0.3) is 5.91 Å². The highest BCUT2D eigenvalue weighted by atomic mass is 16.5. The Morgan fingerprint density at radius 1 is 0.926 bits per heavy atom. The Balaban J connectivity index is 1.60. The minimum absolute atomic E-state index is 0.140. The van der Waals surface area contributed by atoms with E-state index in [0.29, 0.717) is 6.54 Å². The lowest BCUT2D eigenvalue weighted by molar-refractivity contribution is -0.158. The lowest BCUT2D eigenvalue weighted by Gasteiger charge is -2.21. The molecule has 0 bridgehead atoms. The van der Waals surface area contributed by atoms with Crippen molar-refractivity contribution in [3.63, 3.8) is 0 Å². The number of benzene rings is 3. The zero-order chi connectivity index (χ0) is 19.2. The lowest BCUT2D eigenvalue weighted by Crippen LogP contribution is -2.37. The van der Waals surface area contributed by atoms with Crippen LogP contribution >= 0.6 is 0 Å². The van der Waals surface area contributed by atoms with E-state index in [1.165, 1.54) is 0 Å². The van der Waals surface area contributed by atoms with E-state index in [1.54, 1.807) is 18.9 Å². The number of rotatable bonds is 6. The lowest BCUT2D eigenvalue weighted by atomic mass is 10.0. The standard InChI is InChI=1S/C23H23NO3/c1-17(23(26)24(2)16-18-9-4-3-5-10-18)27-22(25)15-20-13-8-12-19-11-6-7-14-21(19)20/h3-14,17H,15-16H2,1-2H3/t17-/m1/s1. The Morgan fingerprint density at radius 2 is 1.59 bits per heavy atom. The molecule has 4 heteroatoms. The first-order valence-electron chi connectivity index (χ1n) is 8.99. The molecule has 138 valence electrons. The molecule has 0 aliphatic rings. The first kappa shape index (κ1) is 18.6. The van der Waals surface area contributed by atoms with Gasteiger partial charge in [0.1, 0.15) is 0 Å². The number of carbonyl (C=O) groups excluding carboxylic acids is 2. The molecule has 27 heavy (non-hydrogen) atoms. The quantitative estimate of drug-likeness (QED) is 0.624. The monoisotopic (exact) mass is 361 g/mol. The highest BCUT2D eigenvalue weighted by molar-refractivity contribution is 5.90. The summed E-state index contributed by atoms with van der Waals surface area (Å²) in [5.74, 6) is -0.620. The topological polar surface area (TPSA) is 46.6 Å². The van der Waals surface area contributed by atoms with Crippen molar-refractivity contribution in [1.82, 2.24) is 4.90 Å². The second-order valence-corrected chi connectivity index (χ2v) is 6.63. The van der Waals surface area contributed by atoms with E-state index in [9.17, 15) is 9.59 Å². The molecule has 0 aliphatic heterocycles. The number of hydrogen-bond acceptors (Lipinski definition) is 3. The zero-order valence-corrected chi connectivity index (χ0v) is 15.6. The van der Waals surface area contributed by atoms with E-state index in [1.807, 2.05) is 72.8 Å². The fourth-order valence-electron chi connectivity index (χ4n) is 3.14. The van der Waals surface area contributed by atoms with E-state index in [2.05, 4.69) is 0 Å². The third-order valence-corrected chi connectivity index (χ3v) is 4.51. The molecule has 0 radical (unpaired) electrons. The van der Waals surface area contributed by atoms with E-state index in [-0.39, 0.29) is 12.3 Å². The molecule has 0 saturated carbocycles. The molecule has 0 spiro atoms. The molecule has 3 aromatic carbocycles. The van der Waals surface area contributed by atoms with Gasteiger partial charge in [0, 0.05) is 13.6 Å². The van der Waals surface area contributed by atoms with Gasteiger partial charge in [0.2, 0.25) is 0 Å².